The molecular formula is C33H40GdN3Na3O15P. The molecule has 2 atom stereocenters. The van der Waals surface area contributed by atoms with Crippen molar-refractivity contribution in [2.75, 3.05) is 59.0 Å². The fourth-order valence-corrected chi connectivity index (χ4v) is 7.33. The van der Waals surface area contributed by atoms with Gasteiger partial charge in [0.1, 0.15) is 0 Å². The Bertz CT molecular complexity index is 1470. The molecule has 0 heterocycles. The summed E-state index contributed by atoms with van der Waals surface area (Å²) in [6, 6.07) is 18.1. The maximum Gasteiger partial charge on any atom is 3.00 e. The monoisotopic (exact) mass is 976 g/mol. The van der Waals surface area contributed by atoms with Gasteiger partial charge in [0.15, 0.2) is 0 Å². The fourth-order valence-electron chi connectivity index (χ4n) is 6.34. The van der Waals surface area contributed by atoms with Crippen LogP contribution in [-0.4, -0.2) is 121 Å². The minimum atomic E-state index is -5.15. The van der Waals surface area contributed by atoms with Gasteiger partial charge in [0.2, 0.25) is 0 Å². The molecule has 0 aromatic heterocycles. The quantitative estimate of drug-likeness (QED) is 0.0738. The number of hydrogen-bond donors (Lipinski definition) is 0. The molecule has 1 aliphatic carbocycles. The Morgan fingerprint density at radius 3 is 1.45 bits per heavy atom. The number of carboxylic acid groups (broad SMARTS) is 5. The van der Waals surface area contributed by atoms with Crippen molar-refractivity contribution >= 4 is 37.7 Å². The summed E-state index contributed by atoms with van der Waals surface area (Å²) < 4.78 is 23.7. The Hall–Kier alpha value is 0.0647. The van der Waals surface area contributed by atoms with Gasteiger partial charge in [-0.05, 0) is 36.8 Å². The molecule has 0 amide bonds. The van der Waals surface area contributed by atoms with E-state index in [2.05, 4.69) is 0 Å². The van der Waals surface area contributed by atoms with E-state index in [4.69, 9.17) is 9.05 Å². The van der Waals surface area contributed by atoms with E-state index in [1.807, 2.05) is 60.7 Å². The average Bonchev–Trinajstić information content (AvgIpc) is 3.05. The molecule has 0 bridgehead atoms. The van der Waals surface area contributed by atoms with Gasteiger partial charge < -0.3 is 68.9 Å². The van der Waals surface area contributed by atoms with E-state index >= 15 is 0 Å². The molecule has 0 spiro atoms. The zero-order chi connectivity index (χ0) is 37.6. The van der Waals surface area contributed by atoms with E-state index in [0.717, 1.165) is 25.8 Å². The van der Waals surface area contributed by atoms with Gasteiger partial charge in [-0.1, -0.05) is 60.7 Å². The van der Waals surface area contributed by atoms with E-state index in [0.29, 0.717) is 25.7 Å². The van der Waals surface area contributed by atoms with Crippen molar-refractivity contribution in [3.8, 4) is 0 Å². The van der Waals surface area contributed by atoms with Gasteiger partial charge in [0, 0.05) is 63.8 Å². The Labute approximate surface area is 423 Å². The van der Waals surface area contributed by atoms with Gasteiger partial charge in [-0.2, -0.15) is 0 Å². The first-order valence-corrected chi connectivity index (χ1v) is 17.5. The number of benzene rings is 2. The second-order valence-electron chi connectivity index (χ2n) is 12.2. The van der Waals surface area contributed by atoms with Gasteiger partial charge in [0.25, 0.3) is 7.82 Å². The summed E-state index contributed by atoms with van der Waals surface area (Å²) in [6.07, 6.45) is 0.910. The van der Waals surface area contributed by atoms with Crippen LogP contribution in [0.2, 0.25) is 0 Å². The number of nitrogens with zero attached hydrogens (tertiary/aromatic N) is 3. The third kappa shape index (κ3) is 21.5. The fraction of sp³-hybridized carbons (Fsp3) is 0.485. The number of carbonyl (C=O) groups is 5. The number of phosphoric ester groups is 1. The molecule has 0 aliphatic heterocycles. The molecule has 1 aliphatic rings. The number of phosphoric acid groups is 1. The minimum Gasteiger partial charge on any atom is -0.756 e. The van der Waals surface area contributed by atoms with Crippen LogP contribution >= 0.6 is 7.82 Å². The van der Waals surface area contributed by atoms with Crippen LogP contribution in [0.4, 0.5) is 0 Å². The summed E-state index contributed by atoms with van der Waals surface area (Å²) in [5.41, 5.74) is 1.71. The summed E-state index contributed by atoms with van der Waals surface area (Å²) in [7, 11) is -5.15. The van der Waals surface area contributed by atoms with E-state index < -0.39 is 101 Å². The molecular weight excluding hydrogens is 936 g/mol. The van der Waals surface area contributed by atoms with Crippen LogP contribution in [-0.2, 0) is 43.0 Å². The second kappa shape index (κ2) is 30.1. The molecule has 2 N–H and O–H groups in total. The second-order valence-corrected chi connectivity index (χ2v) is 13.6. The largest absolute Gasteiger partial charge is 3.00 e. The van der Waals surface area contributed by atoms with Crippen molar-refractivity contribution in [3.63, 3.8) is 0 Å². The maximum atomic E-state index is 13.1. The zero-order valence-corrected chi connectivity index (χ0v) is 40.6. The molecule has 56 heavy (non-hydrogen) atoms. The predicted molar refractivity (Wildman–Crippen MR) is 167 cm³/mol. The summed E-state index contributed by atoms with van der Waals surface area (Å²) >= 11 is 0. The molecule has 1 fully saturated rings. The van der Waals surface area contributed by atoms with Crippen LogP contribution in [0.1, 0.15) is 36.8 Å². The first-order chi connectivity index (χ1) is 24.1. The van der Waals surface area contributed by atoms with Crippen molar-refractivity contribution in [1.29, 1.82) is 0 Å². The molecule has 18 nitrogen and oxygen atoms in total. The van der Waals surface area contributed by atoms with Crippen molar-refractivity contribution in [2.45, 2.75) is 43.2 Å². The molecule has 3 rings (SSSR count). The summed E-state index contributed by atoms with van der Waals surface area (Å²) in [5, 5.41) is 56.7. The van der Waals surface area contributed by atoms with Gasteiger partial charge in [-0.25, -0.2) is 0 Å². The van der Waals surface area contributed by atoms with Crippen LogP contribution in [0.25, 0.3) is 0 Å². The van der Waals surface area contributed by atoms with Crippen LogP contribution in [0.5, 0.6) is 0 Å². The molecule has 2 aromatic rings. The minimum absolute atomic E-state index is 0. The molecule has 2 unspecified atom stereocenters. The Balaban J connectivity index is -0.00000562. The van der Waals surface area contributed by atoms with E-state index in [1.54, 1.807) is 0 Å². The smallest absolute Gasteiger partial charge is 0.756 e. The van der Waals surface area contributed by atoms with Gasteiger partial charge in [-0.15, -0.1) is 0 Å². The first kappa shape index (κ1) is 60.4. The molecule has 0 saturated heterocycles. The van der Waals surface area contributed by atoms with E-state index in [9.17, 15) is 59.0 Å². The van der Waals surface area contributed by atoms with Crippen LogP contribution in [0.15, 0.2) is 60.7 Å². The van der Waals surface area contributed by atoms with Crippen LogP contribution < -0.4 is 119 Å². The standard InChI is InChI=1S/C33H44N3O14P.Gd.3Na.H2O/c37-28(38)18-34(15-16-35(19-29(39)40)20-30(41)42)17-26(36(21-31(43)44)22-32(45)46)23-49-51(47,48)50-27-11-13-33(14-12-27,24-7-3-1-4-8-24)25-9-5-2-6-10-25;;;;;/h1-10,26-27H,11-23H2,(H,37,38)(H,39,40)(H,41,42)(H,43,44)(H,45,46)(H,47,48);;;;;1H2/q;+3;3*+1;/p-6. The van der Waals surface area contributed by atoms with Gasteiger partial charge >= 0.3 is 129 Å². The molecule has 293 valence electrons. The number of carbonyl (C=O) groups excluding carboxylic acids is 5. The molecule has 23 heteroatoms. The van der Waals surface area contributed by atoms with E-state index in [1.165, 1.54) is 0 Å². The molecule has 1 radical (unpaired) electrons. The predicted octanol–water partition coefficient (Wildman–Crippen LogP) is -15.4. The van der Waals surface area contributed by atoms with Crippen molar-refractivity contribution in [3.05, 3.63) is 71.8 Å². The van der Waals surface area contributed by atoms with Gasteiger partial charge in [-0.3, -0.25) is 19.3 Å². The Kier molecular flexibility index (Phi) is 32.5. The molecule has 1 saturated carbocycles. The first-order valence-electron chi connectivity index (χ1n) is 16.0. The third-order valence-electron chi connectivity index (χ3n) is 8.58. The number of carboxylic acids is 5. The van der Waals surface area contributed by atoms with Gasteiger partial charge in [0.05, 0.1) is 42.6 Å². The summed E-state index contributed by atoms with van der Waals surface area (Å²) in [5.74, 6) is -8.46. The number of hydrogen-bond acceptors (Lipinski definition) is 17. The van der Waals surface area contributed by atoms with Crippen molar-refractivity contribution < 1.29 is 202 Å². The number of rotatable bonds is 23. The van der Waals surface area contributed by atoms with Crippen molar-refractivity contribution in [2.24, 2.45) is 0 Å². The molecule has 2 aromatic carbocycles. The Morgan fingerprint density at radius 2 is 1.05 bits per heavy atom. The Morgan fingerprint density at radius 1 is 0.679 bits per heavy atom. The SMILES string of the molecule is O.O=C([O-])CN(CCN(CC(=O)[O-])CC(COP(=O)([O-])OC1CCC(c2ccccc2)(c2ccccc2)CC1)N(CC(=O)[O-])CC(=O)[O-])CC(=O)[O-].[Gd+3].[Na+].[Na+].[Na+]. The average molecular weight is 976 g/mol. The number of aliphatic carboxylic acids is 5. The summed E-state index contributed by atoms with van der Waals surface area (Å²) in [4.78, 5) is 72.4. The normalized spacial score (nSPS) is 15.0. The van der Waals surface area contributed by atoms with Crippen LogP contribution in [0.3, 0.4) is 0 Å². The van der Waals surface area contributed by atoms with Crippen LogP contribution in [0, 0.1) is 39.9 Å². The van der Waals surface area contributed by atoms with E-state index in [-0.39, 0.29) is 147 Å². The zero-order valence-electron chi connectivity index (χ0n) is 31.5. The maximum absolute atomic E-state index is 13.1. The topological polar surface area (TPSA) is 300 Å². The third-order valence-corrected chi connectivity index (χ3v) is 9.60. The summed E-state index contributed by atoms with van der Waals surface area (Å²) in [6.45, 7) is -6.98. The van der Waals surface area contributed by atoms with Crippen molar-refractivity contribution in [1.82, 2.24) is 14.7 Å².